The van der Waals surface area contributed by atoms with Crippen LogP contribution in [0.15, 0.2) is 36.5 Å². The highest BCUT2D eigenvalue weighted by Gasteiger charge is 2.11. The van der Waals surface area contributed by atoms with Gasteiger partial charge in [-0.15, -0.1) is 11.6 Å². The minimum Gasteiger partial charge on any atom is -0.324 e. The monoisotopic (exact) mass is 409 g/mol. The van der Waals surface area contributed by atoms with E-state index in [0.29, 0.717) is 22.5 Å². The number of carbonyl (C=O) groups excluding carboxylic acids is 1. The van der Waals surface area contributed by atoms with Gasteiger partial charge in [-0.1, -0.05) is 29.9 Å². The zero-order valence-electron chi connectivity index (χ0n) is 14.2. The van der Waals surface area contributed by atoms with Gasteiger partial charge < -0.3 is 10.6 Å². The van der Waals surface area contributed by atoms with E-state index in [2.05, 4.69) is 25.6 Å². The van der Waals surface area contributed by atoms with Crippen molar-refractivity contribution >= 4 is 57.7 Å². The fraction of sp³-hybridized carbons (Fsp3) is 0.176. The Bertz CT molecular complexity index is 855. The third kappa shape index (κ3) is 5.66. The highest BCUT2D eigenvalue weighted by molar-refractivity contribution is 7.19. The van der Waals surface area contributed by atoms with E-state index in [1.807, 2.05) is 26.0 Å². The number of thiazole rings is 1. The van der Waals surface area contributed by atoms with Crippen molar-refractivity contribution in [3.8, 4) is 10.6 Å². The Morgan fingerprint density at radius 1 is 1.19 bits per heavy atom. The lowest BCUT2D eigenvalue weighted by Gasteiger charge is -2.06. The normalized spacial score (nSPS) is 9.85. The van der Waals surface area contributed by atoms with Gasteiger partial charge in [-0.3, -0.25) is 4.79 Å². The zero-order valence-corrected chi connectivity index (χ0v) is 16.5. The van der Waals surface area contributed by atoms with Crippen LogP contribution in [0.4, 0.5) is 16.8 Å². The molecule has 6 nitrogen and oxygen atoms in total. The number of alkyl halides is 1. The molecule has 9 heteroatoms. The second-order valence-corrected chi connectivity index (χ2v) is 6.83. The van der Waals surface area contributed by atoms with Crippen molar-refractivity contribution in [2.24, 2.45) is 0 Å². The Balaban J connectivity index is 0.000000758. The summed E-state index contributed by atoms with van der Waals surface area (Å²) in [6.45, 7) is 3.76. The average molecular weight is 410 g/mol. The Morgan fingerprint density at radius 2 is 1.88 bits per heavy atom. The molecule has 26 heavy (non-hydrogen) atoms. The Kier molecular flexibility index (Phi) is 7.77. The molecule has 0 atom stereocenters. The van der Waals surface area contributed by atoms with Crippen LogP contribution < -0.4 is 10.6 Å². The molecular weight excluding hydrogens is 393 g/mol. The van der Waals surface area contributed by atoms with E-state index in [0.717, 1.165) is 27.8 Å². The van der Waals surface area contributed by atoms with Crippen LogP contribution in [-0.4, -0.2) is 27.2 Å². The first-order valence-corrected chi connectivity index (χ1v) is 9.39. The number of halogens is 2. The molecule has 0 aliphatic rings. The number of benzene rings is 1. The van der Waals surface area contributed by atoms with E-state index >= 15 is 0 Å². The van der Waals surface area contributed by atoms with Crippen molar-refractivity contribution in [1.29, 1.82) is 0 Å². The van der Waals surface area contributed by atoms with Gasteiger partial charge in [0.2, 0.25) is 12.4 Å². The van der Waals surface area contributed by atoms with Crippen LogP contribution in [0.5, 0.6) is 0 Å². The first kappa shape index (κ1) is 20.1. The summed E-state index contributed by atoms with van der Waals surface area (Å²) in [5.41, 5.74) is 2.39. The number of hydrogen-bond acceptors (Lipinski definition) is 6. The molecule has 0 saturated carbocycles. The van der Waals surface area contributed by atoms with E-state index in [-0.39, 0.29) is 0 Å². The summed E-state index contributed by atoms with van der Waals surface area (Å²) in [5, 5.41) is 6.89. The topological polar surface area (TPSA) is 79.8 Å². The summed E-state index contributed by atoms with van der Waals surface area (Å²) in [7, 11) is 0. The average Bonchev–Trinajstić information content (AvgIpc) is 2.99. The molecule has 3 rings (SSSR count). The minimum absolute atomic E-state index is 0.475. The Labute approximate surface area is 165 Å². The van der Waals surface area contributed by atoms with Gasteiger partial charge in [0.05, 0.1) is 16.3 Å². The largest absolute Gasteiger partial charge is 0.324 e. The molecule has 1 aromatic carbocycles. The first-order chi connectivity index (χ1) is 12.6. The molecule has 0 aliphatic heterocycles. The summed E-state index contributed by atoms with van der Waals surface area (Å²) in [6, 6.07) is 9.08. The van der Waals surface area contributed by atoms with Gasteiger partial charge >= 0.3 is 0 Å². The van der Waals surface area contributed by atoms with Crippen molar-refractivity contribution in [2.45, 2.75) is 13.8 Å². The number of nitrogens with zero attached hydrogens (tertiary/aromatic N) is 3. The summed E-state index contributed by atoms with van der Waals surface area (Å²) >= 11 is 12.2. The van der Waals surface area contributed by atoms with Gasteiger partial charge in [0.25, 0.3) is 0 Å². The Hall–Kier alpha value is -2.22. The summed E-state index contributed by atoms with van der Waals surface area (Å²) in [6.07, 6.45) is 2.28. The summed E-state index contributed by atoms with van der Waals surface area (Å²) in [4.78, 5) is 24.4. The molecule has 0 aliphatic carbocycles. The molecule has 0 spiro atoms. The van der Waals surface area contributed by atoms with Crippen LogP contribution in [0.1, 0.15) is 12.6 Å². The maximum absolute atomic E-state index is 10.5. The number of carbonyl (C=O) groups is 1. The van der Waals surface area contributed by atoms with Gasteiger partial charge in [-0.05, 0) is 37.3 Å². The first-order valence-electron chi connectivity index (χ1n) is 7.67. The highest BCUT2D eigenvalue weighted by atomic mass is 35.5. The number of rotatable bonds is 5. The highest BCUT2D eigenvalue weighted by Crippen LogP contribution is 2.31. The molecule has 3 aromatic rings. The van der Waals surface area contributed by atoms with Crippen LogP contribution in [0.2, 0.25) is 5.02 Å². The lowest BCUT2D eigenvalue weighted by atomic mass is 10.3. The zero-order chi connectivity index (χ0) is 18.9. The number of amides is 1. The number of aromatic nitrogens is 3. The predicted octanol–water partition coefficient (Wildman–Crippen LogP) is 5.12. The third-order valence-electron chi connectivity index (χ3n) is 2.97. The van der Waals surface area contributed by atoms with Gasteiger partial charge in [0.1, 0.15) is 0 Å². The molecule has 2 aromatic heterocycles. The van der Waals surface area contributed by atoms with Crippen LogP contribution >= 0.6 is 34.5 Å². The smallest absolute Gasteiger partial charge is 0.227 e. The van der Waals surface area contributed by atoms with E-state index < -0.39 is 0 Å². The van der Waals surface area contributed by atoms with Crippen molar-refractivity contribution < 1.29 is 4.79 Å². The van der Waals surface area contributed by atoms with Crippen molar-refractivity contribution in [1.82, 2.24) is 15.0 Å². The summed E-state index contributed by atoms with van der Waals surface area (Å²) < 4.78 is 0. The SMILES string of the molecule is CCCl.Cc1nc(NC=O)sc1-c1ccnc(Nc2ccc(Cl)cc2)n1. The van der Waals surface area contributed by atoms with E-state index in [9.17, 15) is 4.79 Å². The third-order valence-corrected chi connectivity index (χ3v) is 4.33. The van der Waals surface area contributed by atoms with Gasteiger partial charge in [-0.2, -0.15) is 0 Å². The van der Waals surface area contributed by atoms with E-state index in [1.54, 1.807) is 24.4 Å². The lowest BCUT2D eigenvalue weighted by molar-refractivity contribution is -0.105. The maximum Gasteiger partial charge on any atom is 0.227 e. The van der Waals surface area contributed by atoms with Gasteiger partial charge in [0, 0.05) is 22.8 Å². The number of nitrogens with one attached hydrogen (secondary N) is 2. The van der Waals surface area contributed by atoms with E-state index in [4.69, 9.17) is 23.2 Å². The van der Waals surface area contributed by atoms with Gasteiger partial charge in [-0.25, -0.2) is 15.0 Å². The molecule has 0 fully saturated rings. The molecule has 0 bridgehead atoms. The molecule has 0 saturated heterocycles. The Morgan fingerprint density at radius 3 is 2.54 bits per heavy atom. The molecule has 0 unspecified atom stereocenters. The van der Waals surface area contributed by atoms with Crippen LogP contribution in [-0.2, 0) is 4.79 Å². The molecule has 1 amide bonds. The second kappa shape index (κ2) is 10.1. The fourth-order valence-corrected chi connectivity index (χ4v) is 2.97. The quantitative estimate of drug-likeness (QED) is 0.451. The predicted molar refractivity (Wildman–Crippen MR) is 109 cm³/mol. The number of hydrogen-bond donors (Lipinski definition) is 2. The minimum atomic E-state index is 0.475. The molecule has 2 heterocycles. The molecule has 136 valence electrons. The van der Waals surface area contributed by atoms with Crippen molar-refractivity contribution in [3.63, 3.8) is 0 Å². The molecular formula is C17H17Cl2N5OS. The standard InChI is InChI=1S/C15H12ClN5OS.C2H5Cl/c1-9-13(23-15(19-9)18-8-22)12-6-7-17-14(21-12)20-11-4-2-10(16)3-5-11;1-2-3/h2-8H,1H3,(H,17,20,21)(H,18,19,22);2H2,1H3. The van der Waals surface area contributed by atoms with Gasteiger partial charge in [0.15, 0.2) is 5.13 Å². The van der Waals surface area contributed by atoms with Crippen molar-refractivity contribution in [2.75, 3.05) is 16.5 Å². The fourth-order valence-electron chi connectivity index (χ4n) is 1.95. The lowest BCUT2D eigenvalue weighted by Crippen LogP contribution is -1.97. The number of anilines is 3. The van der Waals surface area contributed by atoms with Crippen LogP contribution in [0.3, 0.4) is 0 Å². The summed E-state index contributed by atoms with van der Waals surface area (Å²) in [5.74, 6) is 1.20. The van der Waals surface area contributed by atoms with E-state index in [1.165, 1.54) is 11.3 Å². The maximum atomic E-state index is 10.5. The number of aryl methyl sites for hydroxylation is 1. The van der Waals surface area contributed by atoms with Crippen molar-refractivity contribution in [3.05, 3.63) is 47.2 Å². The molecule has 2 N–H and O–H groups in total. The molecule has 0 radical (unpaired) electrons. The second-order valence-electron chi connectivity index (χ2n) is 4.86. The van der Waals surface area contributed by atoms with Crippen LogP contribution in [0, 0.1) is 6.92 Å². The van der Waals surface area contributed by atoms with Crippen LogP contribution in [0.25, 0.3) is 10.6 Å².